The van der Waals surface area contributed by atoms with Crippen molar-refractivity contribution >= 4 is 17.2 Å². The summed E-state index contributed by atoms with van der Waals surface area (Å²) < 4.78 is 55.6. The van der Waals surface area contributed by atoms with Gasteiger partial charge in [-0.05, 0) is 35.4 Å². The molecule has 0 bridgehead atoms. The van der Waals surface area contributed by atoms with E-state index in [0.29, 0.717) is 5.56 Å². The number of hydrogen-bond acceptors (Lipinski definition) is 11. The minimum absolute atomic E-state index is 0.176. The number of alkyl halides is 3. The van der Waals surface area contributed by atoms with Gasteiger partial charge in [0.2, 0.25) is 0 Å². The van der Waals surface area contributed by atoms with E-state index in [1.807, 2.05) is 0 Å². The summed E-state index contributed by atoms with van der Waals surface area (Å²) in [6.45, 7) is -0.929. The molecule has 2 aromatic heterocycles. The van der Waals surface area contributed by atoms with E-state index in [0.717, 1.165) is 33.5 Å². The van der Waals surface area contributed by atoms with Gasteiger partial charge in [-0.2, -0.15) is 13.2 Å². The fourth-order valence-electron chi connectivity index (χ4n) is 3.97. The monoisotopic (exact) mass is 607 g/mol. The Bertz CT molecular complexity index is 1450. The van der Waals surface area contributed by atoms with Crippen molar-refractivity contribution in [3.05, 3.63) is 87.0 Å². The van der Waals surface area contributed by atoms with Crippen LogP contribution in [-0.4, -0.2) is 63.9 Å². The Morgan fingerprint density at radius 2 is 1.75 bits per heavy atom. The molecule has 0 spiro atoms. The highest BCUT2D eigenvalue weighted by Gasteiger charge is 2.44. The molecule has 3 aromatic rings. The van der Waals surface area contributed by atoms with Crippen molar-refractivity contribution in [3.8, 4) is 11.1 Å². The number of nitrogens with zero attached hydrogens (tertiary/aromatic N) is 3. The molecule has 0 saturated carbocycles. The maximum Gasteiger partial charge on any atom is 0.416 e. The SMILES string of the molecule is O=c1ccn(C2OC(COP(O)OP(O)O)C(O)C2O)c(=O)n1Cc1cc(-c2cccc(C(F)(F)F)c2)ccn1. The van der Waals surface area contributed by atoms with Crippen LogP contribution in [0.15, 0.2) is 64.4 Å². The van der Waals surface area contributed by atoms with Crippen molar-refractivity contribution in [2.45, 2.75) is 37.3 Å². The van der Waals surface area contributed by atoms with Gasteiger partial charge in [-0.15, -0.1) is 0 Å². The highest BCUT2D eigenvalue weighted by Crippen LogP contribution is 2.46. The van der Waals surface area contributed by atoms with Gasteiger partial charge in [0.05, 0.1) is 24.4 Å². The quantitative estimate of drug-likeness (QED) is 0.220. The van der Waals surface area contributed by atoms with Gasteiger partial charge in [0.1, 0.15) is 18.3 Å². The number of pyridine rings is 1. The van der Waals surface area contributed by atoms with Gasteiger partial charge in [-0.25, -0.2) is 9.11 Å². The van der Waals surface area contributed by atoms with E-state index in [1.165, 1.54) is 30.5 Å². The van der Waals surface area contributed by atoms with E-state index in [9.17, 15) is 37.9 Å². The summed E-state index contributed by atoms with van der Waals surface area (Å²) in [4.78, 5) is 56.8. The standard InChI is InChI=1S/C22H22F3N3O10P2/c23-22(24,25)14-3-1-2-12(8-14)13-4-6-26-15(9-13)10-28-17(29)5-7-27(21(28)32)20-19(31)18(30)16(37-20)11-36-40(35)38-39(33)34/h1-9,16,18-20,30-31,33-35H,10-11H2. The lowest BCUT2D eigenvalue weighted by Gasteiger charge is -2.19. The lowest BCUT2D eigenvalue weighted by molar-refractivity contribution is -0.137. The second-order valence-corrected chi connectivity index (χ2v) is 10.4. The molecule has 1 aliphatic rings. The average molecular weight is 607 g/mol. The number of aromatic nitrogens is 3. The zero-order valence-corrected chi connectivity index (χ0v) is 21.9. The number of benzene rings is 1. The molecule has 40 heavy (non-hydrogen) atoms. The molecule has 0 amide bonds. The Morgan fingerprint density at radius 1 is 1.02 bits per heavy atom. The van der Waals surface area contributed by atoms with Crippen LogP contribution in [0.2, 0.25) is 0 Å². The molecule has 0 radical (unpaired) electrons. The molecule has 216 valence electrons. The Labute approximate surface area is 225 Å². The van der Waals surface area contributed by atoms with Crippen LogP contribution < -0.4 is 11.2 Å². The number of rotatable bonds is 9. The first-order chi connectivity index (χ1) is 18.8. The second kappa shape index (κ2) is 12.5. The van der Waals surface area contributed by atoms with Gasteiger partial charge in [0, 0.05) is 18.5 Å². The van der Waals surface area contributed by atoms with Crippen LogP contribution in [0, 0.1) is 0 Å². The Balaban J connectivity index is 1.56. The van der Waals surface area contributed by atoms with Crippen molar-refractivity contribution in [1.29, 1.82) is 0 Å². The average Bonchev–Trinajstić information content (AvgIpc) is 3.18. The molecular weight excluding hydrogens is 585 g/mol. The number of ether oxygens (including phenoxy) is 1. The third-order valence-corrected chi connectivity index (χ3v) is 7.37. The van der Waals surface area contributed by atoms with Crippen LogP contribution in [0.4, 0.5) is 13.2 Å². The van der Waals surface area contributed by atoms with E-state index >= 15 is 0 Å². The molecule has 18 heteroatoms. The highest BCUT2D eigenvalue weighted by molar-refractivity contribution is 7.54. The fraction of sp³-hybridized carbons (Fsp3) is 0.318. The predicted octanol–water partition coefficient (Wildman–Crippen LogP) is 1.22. The van der Waals surface area contributed by atoms with Gasteiger partial charge in [-0.3, -0.25) is 18.9 Å². The molecule has 13 nitrogen and oxygen atoms in total. The molecular formula is C22H22F3N3O10P2. The number of aliphatic hydroxyl groups excluding tert-OH is 2. The van der Waals surface area contributed by atoms with E-state index in [1.54, 1.807) is 0 Å². The fourth-order valence-corrected chi connectivity index (χ4v) is 4.93. The van der Waals surface area contributed by atoms with E-state index in [-0.39, 0.29) is 17.8 Å². The van der Waals surface area contributed by atoms with Crippen molar-refractivity contribution in [2.75, 3.05) is 6.61 Å². The first-order valence-electron chi connectivity index (χ1n) is 11.3. The Kier molecular flexibility index (Phi) is 9.47. The minimum Gasteiger partial charge on any atom is -0.387 e. The van der Waals surface area contributed by atoms with Crippen molar-refractivity contribution in [2.24, 2.45) is 0 Å². The van der Waals surface area contributed by atoms with Crippen LogP contribution in [-0.2, 0) is 26.3 Å². The van der Waals surface area contributed by atoms with Crippen LogP contribution >= 0.6 is 17.2 Å². The molecule has 4 rings (SSSR count). The smallest absolute Gasteiger partial charge is 0.387 e. The van der Waals surface area contributed by atoms with Gasteiger partial charge in [0.15, 0.2) is 6.23 Å². The van der Waals surface area contributed by atoms with Crippen molar-refractivity contribution in [1.82, 2.24) is 14.1 Å². The number of hydrogen-bond donors (Lipinski definition) is 5. The summed E-state index contributed by atoms with van der Waals surface area (Å²) in [5, 5.41) is 20.8. The zero-order valence-electron chi connectivity index (χ0n) is 20.1. The third-order valence-electron chi connectivity index (χ3n) is 5.86. The Morgan fingerprint density at radius 3 is 2.45 bits per heavy atom. The minimum atomic E-state index is -4.54. The largest absolute Gasteiger partial charge is 0.416 e. The van der Waals surface area contributed by atoms with Gasteiger partial charge < -0.3 is 34.2 Å². The van der Waals surface area contributed by atoms with Crippen LogP contribution in [0.3, 0.4) is 0 Å². The maximum atomic E-state index is 13.2. The van der Waals surface area contributed by atoms with Crippen LogP contribution in [0.5, 0.6) is 0 Å². The molecule has 1 saturated heterocycles. The lowest BCUT2D eigenvalue weighted by atomic mass is 10.0. The topological polar surface area (TPSA) is 186 Å². The first kappa shape index (κ1) is 30.3. The Hall–Kier alpha value is -2.62. The highest BCUT2D eigenvalue weighted by atomic mass is 31.2. The summed E-state index contributed by atoms with van der Waals surface area (Å²) in [5.41, 5.74) is -1.75. The number of aliphatic hydroxyl groups is 2. The van der Waals surface area contributed by atoms with Crippen molar-refractivity contribution in [3.63, 3.8) is 0 Å². The van der Waals surface area contributed by atoms with E-state index in [4.69, 9.17) is 19.0 Å². The molecule has 5 atom stereocenters. The summed E-state index contributed by atoms with van der Waals surface area (Å²) in [6, 6.07) is 8.53. The van der Waals surface area contributed by atoms with Crippen LogP contribution in [0.1, 0.15) is 17.5 Å². The van der Waals surface area contributed by atoms with E-state index < -0.39 is 71.3 Å². The van der Waals surface area contributed by atoms with Gasteiger partial charge >= 0.3 is 29.1 Å². The molecule has 5 N–H and O–H groups in total. The molecule has 1 fully saturated rings. The normalized spacial score (nSPS) is 22.1. The molecule has 3 heterocycles. The first-order valence-corrected chi connectivity index (χ1v) is 13.6. The summed E-state index contributed by atoms with van der Waals surface area (Å²) in [7, 11) is -5.64. The van der Waals surface area contributed by atoms with Crippen molar-refractivity contribution < 1.29 is 51.6 Å². The predicted molar refractivity (Wildman–Crippen MR) is 132 cm³/mol. The number of halogens is 3. The third kappa shape index (κ3) is 6.98. The van der Waals surface area contributed by atoms with E-state index in [2.05, 4.69) is 9.29 Å². The summed E-state index contributed by atoms with van der Waals surface area (Å²) >= 11 is 0. The molecule has 1 aromatic carbocycles. The summed E-state index contributed by atoms with van der Waals surface area (Å²) in [5.74, 6) is 0. The second-order valence-electron chi connectivity index (χ2n) is 8.46. The summed E-state index contributed by atoms with van der Waals surface area (Å²) in [6.07, 6.45) is -8.21. The maximum absolute atomic E-state index is 13.2. The van der Waals surface area contributed by atoms with Gasteiger partial charge in [-0.1, -0.05) is 12.1 Å². The van der Waals surface area contributed by atoms with Crippen LogP contribution in [0.25, 0.3) is 11.1 Å². The van der Waals surface area contributed by atoms with Gasteiger partial charge in [0.25, 0.3) is 5.56 Å². The zero-order chi connectivity index (χ0) is 29.2. The molecule has 1 aliphatic heterocycles. The molecule has 5 unspecified atom stereocenters. The molecule has 0 aliphatic carbocycles. The lowest BCUT2D eigenvalue weighted by Crippen LogP contribution is -2.43.